The number of rotatable bonds is 8. The topological polar surface area (TPSA) is 79.4 Å². The summed E-state index contributed by atoms with van der Waals surface area (Å²) >= 11 is 0. The largest absolute Gasteiger partial charge is 0.385 e. The van der Waals surface area contributed by atoms with Crippen LogP contribution in [0.4, 0.5) is 0 Å². The van der Waals surface area contributed by atoms with E-state index in [1.165, 1.54) is 0 Å². The van der Waals surface area contributed by atoms with Crippen LogP contribution in [0.25, 0.3) is 0 Å². The molecule has 1 unspecified atom stereocenters. The zero-order valence-electron chi connectivity index (χ0n) is 10.1. The fourth-order valence-corrected chi connectivity index (χ4v) is 1.41. The average molecular weight is 227 g/mol. The van der Waals surface area contributed by atoms with Crippen molar-refractivity contribution in [1.29, 1.82) is 5.26 Å². The van der Waals surface area contributed by atoms with Gasteiger partial charge in [-0.25, -0.2) is 0 Å². The average Bonchev–Trinajstić information content (AvgIpc) is 2.30. The normalized spacial score (nSPS) is 11.9. The number of nitriles is 1. The minimum atomic E-state index is -0.478. The lowest BCUT2D eigenvalue weighted by Crippen LogP contribution is -2.44. The van der Waals surface area contributed by atoms with Gasteiger partial charge >= 0.3 is 0 Å². The number of nitrogens with zero attached hydrogens (tertiary/aromatic N) is 2. The van der Waals surface area contributed by atoms with E-state index in [1.54, 1.807) is 12.0 Å². The van der Waals surface area contributed by atoms with Crippen molar-refractivity contribution in [3.63, 3.8) is 0 Å². The lowest BCUT2D eigenvalue weighted by molar-refractivity contribution is -0.132. The van der Waals surface area contributed by atoms with Crippen molar-refractivity contribution >= 4 is 5.91 Å². The second kappa shape index (κ2) is 9.13. The molecule has 2 N–H and O–H groups in total. The van der Waals surface area contributed by atoms with Gasteiger partial charge in [-0.15, -0.1) is 0 Å². The van der Waals surface area contributed by atoms with E-state index in [0.717, 1.165) is 6.42 Å². The van der Waals surface area contributed by atoms with Crippen molar-refractivity contribution in [2.75, 3.05) is 26.8 Å². The number of likely N-dealkylation sites (N-methyl/N-ethyl adjacent to an activating group) is 1. The minimum absolute atomic E-state index is 0.0751. The molecule has 0 aliphatic rings. The molecule has 16 heavy (non-hydrogen) atoms. The number of ether oxygens (including phenoxy) is 1. The summed E-state index contributed by atoms with van der Waals surface area (Å²) in [6, 6.07) is 1.55. The summed E-state index contributed by atoms with van der Waals surface area (Å²) in [7, 11) is 1.62. The third kappa shape index (κ3) is 5.69. The predicted molar refractivity (Wildman–Crippen MR) is 61.6 cm³/mol. The van der Waals surface area contributed by atoms with Gasteiger partial charge in [0.15, 0.2) is 0 Å². The Balaban J connectivity index is 4.01. The van der Waals surface area contributed by atoms with E-state index in [-0.39, 0.29) is 5.91 Å². The number of amides is 1. The maximum Gasteiger partial charge on any atom is 0.239 e. The smallest absolute Gasteiger partial charge is 0.239 e. The summed E-state index contributed by atoms with van der Waals surface area (Å²) in [4.78, 5) is 13.5. The van der Waals surface area contributed by atoms with E-state index in [9.17, 15) is 4.79 Å². The predicted octanol–water partition coefficient (Wildman–Crippen LogP) is 0.502. The Hall–Kier alpha value is -1.12. The van der Waals surface area contributed by atoms with Gasteiger partial charge in [-0.2, -0.15) is 5.26 Å². The molecule has 0 aliphatic heterocycles. The van der Waals surface area contributed by atoms with Crippen LogP contribution >= 0.6 is 0 Å². The Kier molecular flexibility index (Phi) is 8.49. The monoisotopic (exact) mass is 227 g/mol. The number of nitrogens with two attached hydrogens (primary N) is 1. The van der Waals surface area contributed by atoms with Crippen LogP contribution in [0, 0.1) is 11.3 Å². The molecule has 0 heterocycles. The van der Waals surface area contributed by atoms with E-state index in [2.05, 4.69) is 0 Å². The second-order valence-corrected chi connectivity index (χ2v) is 3.57. The fraction of sp³-hybridized carbons (Fsp3) is 0.818. The fourth-order valence-electron chi connectivity index (χ4n) is 1.41. The van der Waals surface area contributed by atoms with E-state index >= 15 is 0 Å². The van der Waals surface area contributed by atoms with Crippen molar-refractivity contribution in [2.24, 2.45) is 5.73 Å². The number of carbonyl (C=O) groups excluding carboxylic acids is 1. The first-order valence-corrected chi connectivity index (χ1v) is 5.57. The van der Waals surface area contributed by atoms with E-state index < -0.39 is 6.04 Å². The Labute approximate surface area is 97.2 Å². The molecule has 1 amide bonds. The van der Waals surface area contributed by atoms with Crippen molar-refractivity contribution in [3.8, 4) is 6.07 Å². The summed E-state index contributed by atoms with van der Waals surface area (Å²) in [5, 5.41) is 8.47. The maximum atomic E-state index is 11.8. The van der Waals surface area contributed by atoms with Gasteiger partial charge in [-0.05, 0) is 19.8 Å². The number of hydrogen-bond donors (Lipinski definition) is 1. The van der Waals surface area contributed by atoms with Gasteiger partial charge in [-0.1, -0.05) is 0 Å². The SMILES string of the molecule is CCN(CCC#N)C(=O)C(N)CCCOC. The van der Waals surface area contributed by atoms with Crippen LogP contribution in [-0.2, 0) is 9.53 Å². The molecule has 0 rings (SSSR count). The van der Waals surface area contributed by atoms with Crippen LogP contribution in [0.15, 0.2) is 0 Å². The molecule has 92 valence electrons. The quantitative estimate of drug-likeness (QED) is 0.612. The first kappa shape index (κ1) is 14.9. The van der Waals surface area contributed by atoms with Crippen molar-refractivity contribution < 1.29 is 9.53 Å². The van der Waals surface area contributed by atoms with Gasteiger partial charge in [0, 0.05) is 26.8 Å². The maximum absolute atomic E-state index is 11.8. The lowest BCUT2D eigenvalue weighted by atomic mass is 10.1. The summed E-state index contributed by atoms with van der Waals surface area (Å²) in [6.45, 7) is 3.56. The molecule has 5 nitrogen and oxygen atoms in total. The minimum Gasteiger partial charge on any atom is -0.385 e. The second-order valence-electron chi connectivity index (χ2n) is 3.57. The first-order chi connectivity index (χ1) is 7.67. The Morgan fingerprint density at radius 2 is 2.31 bits per heavy atom. The first-order valence-electron chi connectivity index (χ1n) is 5.57. The Morgan fingerprint density at radius 3 is 2.81 bits per heavy atom. The zero-order valence-corrected chi connectivity index (χ0v) is 10.1. The van der Waals surface area contributed by atoms with E-state index in [4.69, 9.17) is 15.7 Å². The summed E-state index contributed by atoms with van der Waals surface area (Å²) in [5.74, 6) is -0.0751. The highest BCUT2D eigenvalue weighted by Gasteiger charge is 2.18. The molecule has 0 saturated heterocycles. The van der Waals surface area contributed by atoms with Crippen LogP contribution < -0.4 is 5.73 Å². The Morgan fingerprint density at radius 1 is 1.62 bits per heavy atom. The van der Waals surface area contributed by atoms with Crippen molar-refractivity contribution in [2.45, 2.75) is 32.2 Å². The molecular formula is C11H21N3O2. The van der Waals surface area contributed by atoms with Gasteiger partial charge in [0.1, 0.15) is 0 Å². The molecule has 0 saturated carbocycles. The van der Waals surface area contributed by atoms with Crippen LogP contribution in [-0.4, -0.2) is 43.7 Å². The third-order valence-corrected chi connectivity index (χ3v) is 2.37. The molecule has 5 heteroatoms. The van der Waals surface area contributed by atoms with E-state index in [1.807, 2.05) is 13.0 Å². The van der Waals surface area contributed by atoms with E-state index in [0.29, 0.717) is 32.5 Å². The summed E-state index contributed by atoms with van der Waals surface area (Å²) < 4.78 is 4.90. The van der Waals surface area contributed by atoms with Gasteiger partial charge in [0.2, 0.25) is 5.91 Å². The highest BCUT2D eigenvalue weighted by Crippen LogP contribution is 2.01. The highest BCUT2D eigenvalue weighted by molar-refractivity contribution is 5.81. The third-order valence-electron chi connectivity index (χ3n) is 2.37. The molecule has 0 aliphatic carbocycles. The van der Waals surface area contributed by atoms with Crippen molar-refractivity contribution in [1.82, 2.24) is 4.90 Å². The molecule has 0 fully saturated rings. The molecular weight excluding hydrogens is 206 g/mol. The van der Waals surface area contributed by atoms with Gasteiger partial charge in [-0.3, -0.25) is 4.79 Å². The van der Waals surface area contributed by atoms with Crippen molar-refractivity contribution in [3.05, 3.63) is 0 Å². The zero-order chi connectivity index (χ0) is 12.4. The van der Waals surface area contributed by atoms with Crippen LogP contribution in [0.2, 0.25) is 0 Å². The van der Waals surface area contributed by atoms with Gasteiger partial charge in [0.25, 0.3) is 0 Å². The van der Waals surface area contributed by atoms with Crippen LogP contribution in [0.1, 0.15) is 26.2 Å². The van der Waals surface area contributed by atoms with Crippen LogP contribution in [0.5, 0.6) is 0 Å². The number of hydrogen-bond acceptors (Lipinski definition) is 4. The molecule has 0 radical (unpaired) electrons. The summed E-state index contributed by atoms with van der Waals surface area (Å²) in [5.41, 5.74) is 5.78. The number of carbonyl (C=O) groups is 1. The standard InChI is InChI=1S/C11H21N3O2/c1-3-14(8-5-7-12)11(15)10(13)6-4-9-16-2/h10H,3-6,8-9,13H2,1-2H3. The summed E-state index contributed by atoms with van der Waals surface area (Å²) in [6.07, 6.45) is 1.75. The van der Waals surface area contributed by atoms with Crippen LogP contribution in [0.3, 0.4) is 0 Å². The lowest BCUT2D eigenvalue weighted by Gasteiger charge is -2.23. The molecule has 0 spiro atoms. The Bertz CT molecular complexity index is 238. The molecule has 1 atom stereocenters. The van der Waals surface area contributed by atoms with Gasteiger partial charge in [0.05, 0.1) is 18.5 Å². The molecule has 0 aromatic rings. The van der Waals surface area contributed by atoms with Gasteiger partial charge < -0.3 is 15.4 Å². The molecule has 0 aromatic carbocycles. The molecule has 0 aromatic heterocycles. The molecule has 0 bridgehead atoms. The highest BCUT2D eigenvalue weighted by atomic mass is 16.5. The number of methoxy groups -OCH3 is 1.